The van der Waals surface area contributed by atoms with E-state index in [0.29, 0.717) is 15.7 Å². The number of nitro benzene ring substituents is 1. The minimum Gasteiger partial charge on any atom is -0.480 e. The van der Waals surface area contributed by atoms with Gasteiger partial charge in [0, 0.05) is 23.2 Å². The van der Waals surface area contributed by atoms with Gasteiger partial charge in [-0.25, -0.2) is 4.79 Å². The van der Waals surface area contributed by atoms with Gasteiger partial charge in [-0.1, -0.05) is 0 Å². The molecule has 0 aliphatic carbocycles. The lowest BCUT2D eigenvalue weighted by Crippen LogP contribution is -2.48. The molecule has 6 nitrogen and oxygen atoms in total. The molecule has 0 fully saturated rings. The number of anilines is 1. The molecule has 104 valence electrons. The Morgan fingerprint density at radius 1 is 1.47 bits per heavy atom. The molecule has 0 spiro atoms. The zero-order chi connectivity index (χ0) is 15.0. The molecule has 19 heavy (non-hydrogen) atoms. The molecule has 0 aliphatic rings. The van der Waals surface area contributed by atoms with Gasteiger partial charge in [0.25, 0.3) is 5.69 Å². The lowest BCUT2D eigenvalue weighted by Gasteiger charge is -2.34. The van der Waals surface area contributed by atoms with E-state index in [0.717, 1.165) is 0 Å². The molecule has 0 aliphatic heterocycles. The van der Waals surface area contributed by atoms with Crippen molar-refractivity contribution in [1.29, 1.82) is 0 Å². The Hall–Kier alpha value is -1.63. The molecule has 0 atom stereocenters. The first kappa shape index (κ1) is 15.4. The van der Waals surface area contributed by atoms with Gasteiger partial charge in [-0.15, -0.1) is 0 Å². The summed E-state index contributed by atoms with van der Waals surface area (Å²) in [5, 5.41) is 20.0. The number of carboxylic acid groups (broad SMARTS) is 1. The van der Waals surface area contributed by atoms with E-state index < -0.39 is 16.4 Å². The van der Waals surface area contributed by atoms with E-state index in [1.54, 1.807) is 38.8 Å². The number of rotatable bonds is 4. The Bertz CT molecular complexity index is 543. The predicted octanol–water partition coefficient (Wildman–Crippen LogP) is 2.97. The Labute approximate surface area is 119 Å². The maximum Gasteiger partial charge on any atom is 0.328 e. The molecule has 0 saturated carbocycles. The number of nitro groups is 1. The SMILES string of the molecule is Cc1cc(N(C)C(C)(C)C(=O)O)c(Br)cc1[N+](=O)[O-]. The second kappa shape index (κ2) is 5.16. The summed E-state index contributed by atoms with van der Waals surface area (Å²) in [6.07, 6.45) is 0. The van der Waals surface area contributed by atoms with Gasteiger partial charge >= 0.3 is 5.97 Å². The van der Waals surface area contributed by atoms with Gasteiger partial charge in [-0.3, -0.25) is 10.1 Å². The minimum atomic E-state index is -1.12. The smallest absolute Gasteiger partial charge is 0.328 e. The first-order chi connectivity index (χ1) is 8.59. The van der Waals surface area contributed by atoms with Crippen LogP contribution in [0, 0.1) is 17.0 Å². The molecule has 0 aromatic heterocycles. The highest BCUT2D eigenvalue weighted by atomic mass is 79.9. The second-order valence-electron chi connectivity index (χ2n) is 4.77. The van der Waals surface area contributed by atoms with Crippen molar-refractivity contribution in [1.82, 2.24) is 0 Å². The van der Waals surface area contributed by atoms with Gasteiger partial charge < -0.3 is 10.0 Å². The lowest BCUT2D eigenvalue weighted by atomic mass is 10.0. The van der Waals surface area contributed by atoms with Crippen molar-refractivity contribution in [3.63, 3.8) is 0 Å². The van der Waals surface area contributed by atoms with Crippen molar-refractivity contribution in [2.45, 2.75) is 26.3 Å². The molecule has 1 aromatic rings. The van der Waals surface area contributed by atoms with Gasteiger partial charge in [0.05, 0.1) is 10.6 Å². The first-order valence-electron chi connectivity index (χ1n) is 5.50. The summed E-state index contributed by atoms with van der Waals surface area (Å²) in [5.74, 6) is -0.974. The average Bonchev–Trinajstić information content (AvgIpc) is 2.30. The molecule has 1 rings (SSSR count). The number of carboxylic acids is 1. The minimum absolute atomic E-state index is 0.00263. The standard InChI is InChI=1S/C12H15BrN2O4/c1-7-5-10(8(13)6-9(7)15(18)19)14(4)12(2,3)11(16)17/h5-6H,1-4H3,(H,16,17). The maximum atomic E-state index is 11.2. The molecular weight excluding hydrogens is 316 g/mol. The zero-order valence-corrected chi connectivity index (χ0v) is 12.7. The summed E-state index contributed by atoms with van der Waals surface area (Å²) in [4.78, 5) is 23.2. The number of aryl methyl sites for hydroxylation is 1. The fourth-order valence-corrected chi connectivity index (χ4v) is 2.15. The summed E-state index contributed by atoms with van der Waals surface area (Å²) in [6.45, 7) is 4.76. The molecule has 0 bridgehead atoms. The van der Waals surface area contributed by atoms with Crippen LogP contribution in [0.1, 0.15) is 19.4 Å². The van der Waals surface area contributed by atoms with Crippen LogP contribution < -0.4 is 4.90 Å². The third-order valence-corrected chi connectivity index (χ3v) is 3.82. The number of nitrogens with zero attached hydrogens (tertiary/aromatic N) is 2. The van der Waals surface area contributed by atoms with E-state index in [1.807, 2.05) is 0 Å². The average molecular weight is 331 g/mol. The maximum absolute atomic E-state index is 11.2. The third-order valence-electron chi connectivity index (χ3n) is 3.19. The van der Waals surface area contributed by atoms with Crippen LogP contribution in [0.2, 0.25) is 0 Å². The predicted molar refractivity (Wildman–Crippen MR) is 75.7 cm³/mol. The quantitative estimate of drug-likeness (QED) is 0.677. The normalized spacial score (nSPS) is 11.2. The summed E-state index contributed by atoms with van der Waals surface area (Å²) >= 11 is 3.25. The Balaban J connectivity index is 3.34. The summed E-state index contributed by atoms with van der Waals surface area (Å²) < 4.78 is 0.488. The van der Waals surface area contributed by atoms with Crippen molar-refractivity contribution < 1.29 is 14.8 Å². The van der Waals surface area contributed by atoms with Crippen molar-refractivity contribution >= 4 is 33.3 Å². The molecule has 1 aromatic carbocycles. The van der Waals surface area contributed by atoms with Crippen molar-refractivity contribution in [3.05, 3.63) is 32.3 Å². The third kappa shape index (κ3) is 2.86. The largest absolute Gasteiger partial charge is 0.480 e. The van der Waals surface area contributed by atoms with Crippen LogP contribution in [0.3, 0.4) is 0 Å². The van der Waals surface area contributed by atoms with Gasteiger partial charge in [-0.05, 0) is 42.8 Å². The monoisotopic (exact) mass is 330 g/mol. The highest BCUT2D eigenvalue weighted by Gasteiger charge is 2.33. The Kier molecular flexibility index (Phi) is 4.19. The fraction of sp³-hybridized carbons (Fsp3) is 0.417. The lowest BCUT2D eigenvalue weighted by molar-refractivity contribution is -0.385. The fourth-order valence-electron chi connectivity index (χ4n) is 1.55. The number of hydrogen-bond acceptors (Lipinski definition) is 4. The van der Waals surface area contributed by atoms with Crippen LogP contribution in [0.4, 0.5) is 11.4 Å². The number of hydrogen-bond donors (Lipinski definition) is 1. The molecular formula is C12H15BrN2O4. The van der Waals surface area contributed by atoms with E-state index in [9.17, 15) is 20.0 Å². The molecule has 0 saturated heterocycles. The van der Waals surface area contributed by atoms with Gasteiger partial charge in [-0.2, -0.15) is 0 Å². The van der Waals surface area contributed by atoms with E-state index in [-0.39, 0.29) is 5.69 Å². The van der Waals surface area contributed by atoms with Gasteiger partial charge in [0.15, 0.2) is 0 Å². The van der Waals surface area contributed by atoms with Crippen LogP contribution >= 0.6 is 15.9 Å². The van der Waals surface area contributed by atoms with Crippen LogP contribution in [-0.4, -0.2) is 28.6 Å². The van der Waals surface area contributed by atoms with E-state index in [4.69, 9.17) is 0 Å². The van der Waals surface area contributed by atoms with Crippen molar-refractivity contribution in [2.75, 3.05) is 11.9 Å². The summed E-state index contributed by atoms with van der Waals surface area (Å²) in [7, 11) is 1.64. The van der Waals surface area contributed by atoms with Crippen molar-refractivity contribution in [3.8, 4) is 0 Å². The zero-order valence-electron chi connectivity index (χ0n) is 11.1. The highest BCUT2D eigenvalue weighted by molar-refractivity contribution is 9.10. The van der Waals surface area contributed by atoms with Crippen molar-refractivity contribution in [2.24, 2.45) is 0 Å². The molecule has 1 N–H and O–H groups in total. The Morgan fingerprint density at radius 3 is 2.42 bits per heavy atom. The van der Waals surface area contributed by atoms with Gasteiger partial charge in [0.2, 0.25) is 0 Å². The summed E-state index contributed by atoms with van der Waals surface area (Å²) in [6, 6.07) is 2.99. The number of aliphatic carboxylic acids is 1. The number of halogens is 1. The molecule has 0 unspecified atom stereocenters. The van der Waals surface area contributed by atoms with Crippen LogP contribution in [-0.2, 0) is 4.79 Å². The number of benzene rings is 1. The van der Waals surface area contributed by atoms with E-state index in [2.05, 4.69) is 15.9 Å². The van der Waals surface area contributed by atoms with E-state index >= 15 is 0 Å². The molecule has 0 heterocycles. The highest BCUT2D eigenvalue weighted by Crippen LogP contribution is 2.35. The second-order valence-corrected chi connectivity index (χ2v) is 5.62. The molecule has 0 radical (unpaired) electrons. The Morgan fingerprint density at radius 2 is 2.00 bits per heavy atom. The number of carbonyl (C=O) groups is 1. The molecule has 0 amide bonds. The van der Waals surface area contributed by atoms with Crippen LogP contribution in [0.15, 0.2) is 16.6 Å². The van der Waals surface area contributed by atoms with Gasteiger partial charge in [0.1, 0.15) is 5.54 Å². The molecule has 7 heteroatoms. The summed E-state index contributed by atoms with van der Waals surface area (Å²) in [5.41, 5.74) is -0.0469. The van der Waals surface area contributed by atoms with E-state index in [1.165, 1.54) is 6.07 Å². The topological polar surface area (TPSA) is 83.7 Å². The van der Waals surface area contributed by atoms with Crippen LogP contribution in [0.5, 0.6) is 0 Å². The first-order valence-corrected chi connectivity index (χ1v) is 6.30. The number of likely N-dealkylation sites (N-methyl/N-ethyl adjacent to an activating group) is 1. The van der Waals surface area contributed by atoms with Crippen LogP contribution in [0.25, 0.3) is 0 Å².